The molecule has 0 N–H and O–H groups in total. The first-order valence-corrected chi connectivity index (χ1v) is 10.4. The van der Waals surface area contributed by atoms with Crippen molar-refractivity contribution in [2.75, 3.05) is 31.8 Å². The first kappa shape index (κ1) is 20.9. The Morgan fingerprint density at radius 1 is 1.00 bits per heavy atom. The van der Waals surface area contributed by atoms with Gasteiger partial charge in [-0.3, -0.25) is 4.79 Å². The molecule has 0 aliphatic carbocycles. The van der Waals surface area contributed by atoms with Crippen LogP contribution in [0, 0.1) is 13.8 Å². The molecule has 0 atom stereocenters. The smallest absolute Gasteiger partial charge is 0.277 e. The molecule has 1 amide bonds. The molecule has 0 saturated carbocycles. The van der Waals surface area contributed by atoms with E-state index < -0.39 is 0 Å². The topological polar surface area (TPSA) is 62.5 Å². The highest BCUT2D eigenvalue weighted by Gasteiger charge is 2.14. The Morgan fingerprint density at radius 3 is 2.38 bits per heavy atom. The number of anilines is 1. The molecule has 6 nitrogen and oxygen atoms in total. The second-order valence-corrected chi connectivity index (χ2v) is 8.20. The van der Waals surface area contributed by atoms with E-state index in [1.807, 2.05) is 56.3 Å². The molecule has 152 valence electrons. The number of thioether (sulfide) groups is 1. The van der Waals surface area contributed by atoms with E-state index in [1.54, 1.807) is 11.9 Å². The maximum absolute atomic E-state index is 12.5. The maximum Gasteiger partial charge on any atom is 0.277 e. The minimum atomic E-state index is 0.0117. The molecule has 29 heavy (non-hydrogen) atoms. The van der Waals surface area contributed by atoms with Crippen LogP contribution in [0.15, 0.2) is 52.1 Å². The molecule has 2 aromatic carbocycles. The number of aromatic nitrogens is 2. The van der Waals surface area contributed by atoms with Crippen molar-refractivity contribution >= 4 is 23.4 Å². The third kappa shape index (κ3) is 5.38. The summed E-state index contributed by atoms with van der Waals surface area (Å²) in [6.07, 6.45) is 0. The van der Waals surface area contributed by atoms with E-state index >= 15 is 0 Å². The first-order valence-electron chi connectivity index (χ1n) is 9.37. The van der Waals surface area contributed by atoms with E-state index in [2.05, 4.69) is 29.3 Å². The van der Waals surface area contributed by atoms with Crippen LogP contribution >= 0.6 is 11.8 Å². The molecule has 3 rings (SSSR count). The lowest BCUT2D eigenvalue weighted by Gasteiger charge is -2.18. The van der Waals surface area contributed by atoms with Gasteiger partial charge in [-0.15, -0.1) is 10.2 Å². The number of benzene rings is 2. The lowest BCUT2D eigenvalue weighted by molar-refractivity contribution is -0.127. The summed E-state index contributed by atoms with van der Waals surface area (Å²) < 4.78 is 5.71. The van der Waals surface area contributed by atoms with E-state index in [9.17, 15) is 4.79 Å². The molecule has 7 heteroatoms. The van der Waals surface area contributed by atoms with Crippen molar-refractivity contribution in [2.45, 2.75) is 25.6 Å². The van der Waals surface area contributed by atoms with E-state index in [0.717, 1.165) is 16.8 Å². The summed E-state index contributed by atoms with van der Waals surface area (Å²) >= 11 is 1.26. The van der Waals surface area contributed by atoms with Gasteiger partial charge in [0.2, 0.25) is 11.8 Å². The van der Waals surface area contributed by atoms with Crippen molar-refractivity contribution in [3.8, 4) is 11.5 Å². The van der Waals surface area contributed by atoms with E-state index in [4.69, 9.17) is 4.42 Å². The SMILES string of the molecule is Cc1ccc(-c2nnc(SCC(=O)N(C)Cc3ccc(N(C)C)cc3)o2)cc1C. The third-order valence-corrected chi connectivity index (χ3v) is 5.58. The highest BCUT2D eigenvalue weighted by atomic mass is 32.2. The first-order chi connectivity index (χ1) is 13.8. The lowest BCUT2D eigenvalue weighted by Crippen LogP contribution is -2.27. The van der Waals surface area contributed by atoms with Crippen LogP contribution in [-0.4, -0.2) is 47.9 Å². The summed E-state index contributed by atoms with van der Waals surface area (Å²) in [6, 6.07) is 14.2. The Hall–Kier alpha value is -2.80. The van der Waals surface area contributed by atoms with Crippen LogP contribution in [0.3, 0.4) is 0 Å². The zero-order valence-electron chi connectivity index (χ0n) is 17.5. The maximum atomic E-state index is 12.5. The number of carbonyl (C=O) groups excluding carboxylic acids is 1. The molecule has 0 fully saturated rings. The highest BCUT2D eigenvalue weighted by molar-refractivity contribution is 7.99. The summed E-state index contributed by atoms with van der Waals surface area (Å²) in [6.45, 7) is 4.67. The summed E-state index contributed by atoms with van der Waals surface area (Å²) in [5.74, 6) is 0.732. The molecule has 0 saturated heterocycles. The molecular formula is C22H26N4O2S. The summed E-state index contributed by atoms with van der Waals surface area (Å²) in [5, 5.41) is 8.56. The van der Waals surface area contributed by atoms with Crippen molar-refractivity contribution < 1.29 is 9.21 Å². The van der Waals surface area contributed by atoms with Gasteiger partial charge in [-0.25, -0.2) is 0 Å². The van der Waals surface area contributed by atoms with Crippen LogP contribution in [0.1, 0.15) is 16.7 Å². The summed E-state index contributed by atoms with van der Waals surface area (Å²) in [4.78, 5) is 16.2. The van der Waals surface area contributed by atoms with Gasteiger partial charge in [0.25, 0.3) is 5.22 Å². The normalized spacial score (nSPS) is 10.8. The average Bonchev–Trinajstić information content (AvgIpc) is 3.17. The van der Waals surface area contributed by atoms with Crippen molar-refractivity contribution in [3.05, 3.63) is 59.2 Å². The van der Waals surface area contributed by atoms with E-state index in [-0.39, 0.29) is 11.7 Å². The highest BCUT2D eigenvalue weighted by Crippen LogP contribution is 2.25. The monoisotopic (exact) mass is 410 g/mol. The van der Waals surface area contributed by atoms with Gasteiger partial charge in [-0.05, 0) is 54.8 Å². The van der Waals surface area contributed by atoms with Gasteiger partial charge in [0, 0.05) is 38.9 Å². The standard InChI is InChI=1S/C22H26N4O2S/c1-15-6-9-18(12-16(15)2)21-23-24-22(28-21)29-14-20(27)26(5)13-17-7-10-19(11-8-17)25(3)4/h6-12H,13-14H2,1-5H3. The number of carbonyl (C=O) groups is 1. The van der Waals surface area contributed by atoms with Crippen molar-refractivity contribution in [1.82, 2.24) is 15.1 Å². The summed E-state index contributed by atoms with van der Waals surface area (Å²) in [5.41, 5.74) is 5.50. The summed E-state index contributed by atoms with van der Waals surface area (Å²) in [7, 11) is 5.81. The van der Waals surface area contributed by atoms with Crippen LogP contribution in [-0.2, 0) is 11.3 Å². The van der Waals surface area contributed by atoms with Gasteiger partial charge < -0.3 is 14.2 Å². The quantitative estimate of drug-likeness (QED) is 0.545. The van der Waals surface area contributed by atoms with Gasteiger partial charge in [0.05, 0.1) is 5.75 Å². The Bertz CT molecular complexity index is 983. The predicted molar refractivity (Wildman–Crippen MR) is 117 cm³/mol. The third-order valence-electron chi connectivity index (χ3n) is 4.78. The minimum absolute atomic E-state index is 0.0117. The van der Waals surface area contributed by atoms with Crippen molar-refractivity contribution in [3.63, 3.8) is 0 Å². The fourth-order valence-corrected chi connectivity index (χ4v) is 3.46. The van der Waals surface area contributed by atoms with Crippen molar-refractivity contribution in [1.29, 1.82) is 0 Å². The molecule has 0 aliphatic heterocycles. The Kier molecular flexibility index (Phi) is 6.59. The molecule has 0 bridgehead atoms. The lowest BCUT2D eigenvalue weighted by atomic mass is 10.1. The van der Waals surface area contributed by atoms with Gasteiger partial charge in [0.1, 0.15) is 0 Å². The van der Waals surface area contributed by atoms with E-state index in [0.29, 0.717) is 17.7 Å². The number of rotatable bonds is 7. The number of hydrogen-bond acceptors (Lipinski definition) is 6. The number of amides is 1. The minimum Gasteiger partial charge on any atom is -0.411 e. The van der Waals surface area contributed by atoms with Gasteiger partial charge in [-0.2, -0.15) is 0 Å². The molecule has 0 aliphatic rings. The zero-order valence-corrected chi connectivity index (χ0v) is 18.3. The van der Waals surface area contributed by atoms with Crippen LogP contribution in [0.25, 0.3) is 11.5 Å². The Balaban J connectivity index is 1.54. The van der Waals surface area contributed by atoms with Gasteiger partial charge in [0.15, 0.2) is 0 Å². The van der Waals surface area contributed by atoms with Crippen LogP contribution in [0.4, 0.5) is 5.69 Å². The van der Waals surface area contributed by atoms with E-state index in [1.165, 1.54) is 22.9 Å². The number of nitrogens with zero attached hydrogens (tertiary/aromatic N) is 4. The van der Waals surface area contributed by atoms with Gasteiger partial charge in [-0.1, -0.05) is 30.0 Å². The van der Waals surface area contributed by atoms with Crippen LogP contribution < -0.4 is 4.90 Å². The molecule has 1 heterocycles. The molecule has 0 radical (unpaired) electrons. The predicted octanol–water partition coefficient (Wildman–Crippen LogP) is 4.17. The second-order valence-electron chi connectivity index (χ2n) is 7.27. The molecular weight excluding hydrogens is 384 g/mol. The number of hydrogen-bond donors (Lipinski definition) is 0. The van der Waals surface area contributed by atoms with Crippen LogP contribution in [0.5, 0.6) is 0 Å². The Labute approximate surface area is 175 Å². The second kappa shape index (κ2) is 9.13. The number of aryl methyl sites for hydroxylation is 2. The molecule has 0 unspecified atom stereocenters. The molecule has 3 aromatic rings. The Morgan fingerprint density at radius 2 is 1.72 bits per heavy atom. The molecule has 0 spiro atoms. The van der Waals surface area contributed by atoms with Crippen LogP contribution in [0.2, 0.25) is 0 Å². The average molecular weight is 411 g/mol. The van der Waals surface area contributed by atoms with Crippen molar-refractivity contribution in [2.24, 2.45) is 0 Å². The zero-order chi connectivity index (χ0) is 21.0. The molecule has 1 aromatic heterocycles. The van der Waals surface area contributed by atoms with Gasteiger partial charge >= 0.3 is 0 Å². The fourth-order valence-electron chi connectivity index (χ4n) is 2.75. The largest absolute Gasteiger partial charge is 0.411 e. The fraction of sp³-hybridized carbons (Fsp3) is 0.318.